The molecule has 0 aliphatic carbocycles. The monoisotopic (exact) mass is 342 g/mol. The van der Waals surface area contributed by atoms with Crippen LogP contribution in [-0.2, 0) is 11.2 Å². The van der Waals surface area contributed by atoms with Crippen molar-refractivity contribution >= 4 is 39.9 Å². The van der Waals surface area contributed by atoms with E-state index in [1.165, 1.54) is 17.4 Å². The molecular weight excluding hydrogens is 335 g/mol. The first-order valence-corrected chi connectivity index (χ1v) is 7.25. The number of carboxylic acids is 1. The Hall–Kier alpha value is -1.11. The van der Waals surface area contributed by atoms with Gasteiger partial charge in [0.25, 0.3) is 0 Å². The van der Waals surface area contributed by atoms with Gasteiger partial charge in [-0.15, -0.1) is 11.3 Å². The fourth-order valence-electron chi connectivity index (χ4n) is 2.10. The largest absolute Gasteiger partial charge is 1.00 e. The molecule has 2 heterocycles. The van der Waals surface area contributed by atoms with E-state index in [0.29, 0.717) is 25.9 Å². The van der Waals surface area contributed by atoms with Crippen molar-refractivity contribution in [2.24, 2.45) is 0 Å². The SMILES string of the molecule is O=C([O-])Cc1cccc2c(=O)cc(-c3ccc(Cl)s3)oc12.[Na+]. The first-order chi connectivity index (χ1) is 10.0. The molecule has 0 spiro atoms. The molecule has 0 saturated heterocycles. The fraction of sp³-hybridized carbons (Fsp3) is 0.0667. The zero-order valence-corrected chi connectivity index (χ0v) is 15.2. The minimum Gasteiger partial charge on any atom is -0.550 e. The molecule has 22 heavy (non-hydrogen) atoms. The van der Waals surface area contributed by atoms with Gasteiger partial charge in [0.2, 0.25) is 0 Å². The van der Waals surface area contributed by atoms with E-state index in [1.54, 1.807) is 30.3 Å². The van der Waals surface area contributed by atoms with Gasteiger partial charge in [0.05, 0.1) is 14.6 Å². The van der Waals surface area contributed by atoms with E-state index in [2.05, 4.69) is 0 Å². The van der Waals surface area contributed by atoms with Crippen LogP contribution in [-0.4, -0.2) is 5.97 Å². The minimum absolute atomic E-state index is 0. The van der Waals surface area contributed by atoms with Crippen LogP contribution in [0.15, 0.2) is 45.6 Å². The quantitative estimate of drug-likeness (QED) is 0.600. The summed E-state index contributed by atoms with van der Waals surface area (Å²) in [5, 5.41) is 11.2. The van der Waals surface area contributed by atoms with Crippen LogP contribution in [0, 0.1) is 0 Å². The Kier molecular flexibility index (Phi) is 5.47. The second-order valence-corrected chi connectivity index (χ2v) is 6.14. The molecule has 0 aliphatic heterocycles. The molecule has 0 N–H and O–H groups in total. The third-order valence-corrected chi connectivity index (χ3v) is 4.23. The Morgan fingerprint density at radius 3 is 2.68 bits per heavy atom. The Bertz CT molecular complexity index is 900. The van der Waals surface area contributed by atoms with E-state index >= 15 is 0 Å². The van der Waals surface area contributed by atoms with Crippen LogP contribution in [0.4, 0.5) is 0 Å². The molecule has 3 rings (SSSR count). The molecule has 7 heteroatoms. The van der Waals surface area contributed by atoms with Crippen molar-refractivity contribution in [1.82, 2.24) is 0 Å². The number of fused-ring (bicyclic) bond motifs is 1. The van der Waals surface area contributed by atoms with Gasteiger partial charge >= 0.3 is 29.6 Å². The number of hydrogen-bond acceptors (Lipinski definition) is 5. The predicted octanol–water partition coefficient (Wildman–Crippen LogP) is -0.529. The number of aliphatic carboxylic acids is 1. The van der Waals surface area contributed by atoms with Gasteiger partial charge < -0.3 is 14.3 Å². The van der Waals surface area contributed by atoms with Gasteiger partial charge in [0.15, 0.2) is 5.43 Å². The number of carboxylic acid groups (broad SMARTS) is 1. The number of carbonyl (C=O) groups excluding carboxylic acids is 1. The molecular formula is C15H8ClNaO4S. The van der Waals surface area contributed by atoms with E-state index in [-0.39, 0.29) is 47.0 Å². The Labute approximate surface area is 156 Å². The number of halogens is 1. The molecule has 3 aromatic rings. The van der Waals surface area contributed by atoms with Crippen LogP contribution >= 0.6 is 22.9 Å². The number of rotatable bonds is 3. The van der Waals surface area contributed by atoms with Gasteiger partial charge in [-0.2, -0.15) is 0 Å². The van der Waals surface area contributed by atoms with Gasteiger partial charge in [-0.05, 0) is 18.2 Å². The van der Waals surface area contributed by atoms with Crippen LogP contribution in [0.5, 0.6) is 0 Å². The van der Waals surface area contributed by atoms with E-state index in [9.17, 15) is 14.7 Å². The molecule has 0 radical (unpaired) electrons. The molecule has 0 atom stereocenters. The summed E-state index contributed by atoms with van der Waals surface area (Å²) >= 11 is 7.16. The summed E-state index contributed by atoms with van der Waals surface area (Å²) in [6.45, 7) is 0. The summed E-state index contributed by atoms with van der Waals surface area (Å²) in [5.41, 5.74) is 0.457. The molecule has 0 bridgehead atoms. The number of carbonyl (C=O) groups is 1. The Balaban J connectivity index is 0.00000176. The summed E-state index contributed by atoms with van der Waals surface area (Å²) < 4.78 is 6.31. The molecule has 0 unspecified atom stereocenters. The predicted molar refractivity (Wildman–Crippen MR) is 79.5 cm³/mol. The maximum Gasteiger partial charge on any atom is 1.00 e. The summed E-state index contributed by atoms with van der Waals surface area (Å²) in [6, 6.07) is 9.67. The van der Waals surface area contributed by atoms with E-state index in [0.717, 1.165) is 0 Å². The molecule has 1 aromatic carbocycles. The maximum absolute atomic E-state index is 12.2. The van der Waals surface area contributed by atoms with E-state index in [4.69, 9.17) is 16.0 Å². The molecule has 4 nitrogen and oxygen atoms in total. The van der Waals surface area contributed by atoms with Gasteiger partial charge in [-0.1, -0.05) is 23.7 Å². The molecule has 106 valence electrons. The second-order valence-electron chi connectivity index (χ2n) is 4.42. The second kappa shape index (κ2) is 6.98. The van der Waals surface area contributed by atoms with E-state index < -0.39 is 5.97 Å². The summed E-state index contributed by atoms with van der Waals surface area (Å²) in [4.78, 5) is 23.7. The average molecular weight is 343 g/mol. The number of hydrogen-bond donors (Lipinski definition) is 0. The number of thiophene rings is 1. The van der Waals surface area contributed by atoms with Gasteiger partial charge in [-0.25, -0.2) is 0 Å². The molecule has 0 fully saturated rings. The third-order valence-electron chi connectivity index (χ3n) is 2.99. The van der Waals surface area contributed by atoms with Crippen LogP contribution in [0.1, 0.15) is 5.56 Å². The zero-order valence-electron chi connectivity index (χ0n) is 11.6. The van der Waals surface area contributed by atoms with Crippen molar-refractivity contribution in [3.63, 3.8) is 0 Å². The topological polar surface area (TPSA) is 70.3 Å². The van der Waals surface area contributed by atoms with Gasteiger partial charge in [0.1, 0.15) is 11.3 Å². The standard InChI is InChI=1S/C15H9ClO4S.Na/c16-13-5-4-12(21-13)11-7-10(17)9-3-1-2-8(6-14(18)19)15(9)20-11;/h1-5,7H,6H2,(H,18,19);/q;+1/p-1. The van der Waals surface area contributed by atoms with Crippen LogP contribution < -0.4 is 40.1 Å². The van der Waals surface area contributed by atoms with Crippen molar-refractivity contribution in [2.45, 2.75) is 6.42 Å². The fourth-order valence-corrected chi connectivity index (χ4v) is 3.09. The van der Waals surface area contributed by atoms with Crippen LogP contribution in [0.2, 0.25) is 4.34 Å². The zero-order chi connectivity index (χ0) is 15.0. The van der Waals surface area contributed by atoms with Crippen molar-refractivity contribution in [2.75, 3.05) is 0 Å². The van der Waals surface area contributed by atoms with Crippen molar-refractivity contribution in [1.29, 1.82) is 0 Å². The summed E-state index contributed by atoms with van der Waals surface area (Å²) in [6.07, 6.45) is -0.311. The van der Waals surface area contributed by atoms with Crippen LogP contribution in [0.25, 0.3) is 21.6 Å². The maximum atomic E-state index is 12.2. The average Bonchev–Trinajstić information content (AvgIpc) is 2.85. The molecule has 0 amide bonds. The van der Waals surface area contributed by atoms with E-state index in [1.807, 2.05) is 0 Å². The molecule has 0 saturated carbocycles. The Morgan fingerprint density at radius 2 is 2.05 bits per heavy atom. The first kappa shape index (κ1) is 17.2. The summed E-state index contributed by atoms with van der Waals surface area (Å²) in [7, 11) is 0. The van der Waals surface area contributed by atoms with Gasteiger partial charge in [-0.3, -0.25) is 4.79 Å². The van der Waals surface area contributed by atoms with Crippen molar-refractivity contribution in [3.05, 3.63) is 56.5 Å². The summed E-state index contributed by atoms with van der Waals surface area (Å²) in [5.74, 6) is -0.857. The van der Waals surface area contributed by atoms with Crippen LogP contribution in [0.3, 0.4) is 0 Å². The van der Waals surface area contributed by atoms with Crippen molar-refractivity contribution < 1.29 is 43.9 Å². The van der Waals surface area contributed by atoms with Crippen molar-refractivity contribution in [3.8, 4) is 10.6 Å². The Morgan fingerprint density at radius 1 is 1.27 bits per heavy atom. The minimum atomic E-state index is -1.23. The third kappa shape index (κ3) is 3.45. The number of benzene rings is 1. The molecule has 2 aromatic heterocycles. The molecule has 0 aliphatic rings. The first-order valence-electron chi connectivity index (χ1n) is 6.06. The number of para-hydroxylation sites is 1. The van der Waals surface area contributed by atoms with Gasteiger partial charge in [0, 0.05) is 24.0 Å². The normalized spacial score (nSPS) is 10.4. The smallest absolute Gasteiger partial charge is 0.550 e.